The summed E-state index contributed by atoms with van der Waals surface area (Å²) in [6, 6.07) is 9.50. The molecule has 0 bridgehead atoms. The first-order chi connectivity index (χ1) is 15.6. The molecule has 0 unspecified atom stereocenters. The molecule has 0 saturated carbocycles. The second kappa shape index (κ2) is 8.39. The summed E-state index contributed by atoms with van der Waals surface area (Å²) in [7, 11) is 0. The van der Waals surface area contributed by atoms with Gasteiger partial charge < -0.3 is 20.9 Å². The maximum Gasteiger partial charge on any atom is 0.573 e. The van der Waals surface area contributed by atoms with Crippen LogP contribution >= 0.6 is 0 Å². The minimum atomic E-state index is -4.89. The number of anilines is 2. The molecule has 0 aliphatic rings. The van der Waals surface area contributed by atoms with Crippen molar-refractivity contribution >= 4 is 28.4 Å². The van der Waals surface area contributed by atoms with E-state index in [4.69, 9.17) is 5.73 Å². The number of alkyl halides is 3. The number of amides is 1. The molecule has 0 saturated heterocycles. The Kier molecular flexibility index (Phi) is 5.60. The van der Waals surface area contributed by atoms with Gasteiger partial charge in [-0.05, 0) is 48.4 Å². The Labute approximate surface area is 184 Å². The first-order valence-corrected chi connectivity index (χ1v) is 9.52. The molecule has 9 nitrogen and oxygen atoms in total. The number of fused-ring (bicyclic) bond motifs is 1. The highest BCUT2D eigenvalue weighted by molar-refractivity contribution is 5.95. The highest BCUT2D eigenvalue weighted by Crippen LogP contribution is 2.27. The van der Waals surface area contributed by atoms with Gasteiger partial charge >= 0.3 is 6.36 Å². The van der Waals surface area contributed by atoms with Crippen molar-refractivity contribution in [3.8, 4) is 11.4 Å². The van der Waals surface area contributed by atoms with E-state index in [1.165, 1.54) is 18.5 Å². The van der Waals surface area contributed by atoms with Crippen molar-refractivity contribution < 1.29 is 27.8 Å². The molecule has 170 valence electrons. The molecule has 4 aromatic rings. The van der Waals surface area contributed by atoms with Gasteiger partial charge in [-0.25, -0.2) is 14.6 Å². The van der Waals surface area contributed by atoms with Crippen LogP contribution < -0.4 is 15.8 Å². The van der Waals surface area contributed by atoms with Crippen LogP contribution in [0.3, 0.4) is 0 Å². The number of nitrogens with zero attached hydrogens (tertiary/aromatic N) is 4. The van der Waals surface area contributed by atoms with E-state index in [2.05, 4.69) is 25.1 Å². The first-order valence-electron chi connectivity index (χ1n) is 9.52. The number of aliphatic hydroxyl groups excluding tert-OH is 1. The van der Waals surface area contributed by atoms with Crippen molar-refractivity contribution in [2.24, 2.45) is 0 Å². The monoisotopic (exact) mass is 458 g/mol. The zero-order chi connectivity index (χ0) is 23.8. The summed E-state index contributed by atoms with van der Waals surface area (Å²) in [6.45, 7) is 1.78. The molecule has 2 aromatic heterocycles. The number of benzene rings is 2. The highest BCUT2D eigenvalue weighted by Gasteiger charge is 2.31. The van der Waals surface area contributed by atoms with Gasteiger partial charge in [0.25, 0.3) is 5.91 Å². The predicted octanol–water partition coefficient (Wildman–Crippen LogP) is 3.28. The number of ether oxygens (including phenoxy) is 1. The fourth-order valence-corrected chi connectivity index (χ4v) is 3.29. The zero-order valence-corrected chi connectivity index (χ0v) is 17.0. The molecule has 0 fully saturated rings. The number of rotatable bonds is 5. The van der Waals surface area contributed by atoms with E-state index in [1.807, 2.05) is 0 Å². The lowest BCUT2D eigenvalue weighted by Crippen LogP contribution is -2.21. The number of aromatic nitrogens is 4. The van der Waals surface area contributed by atoms with Crippen molar-refractivity contribution in [1.29, 1.82) is 0 Å². The third kappa shape index (κ3) is 4.70. The smallest absolute Gasteiger partial charge is 0.406 e. The normalized spacial score (nSPS) is 12.5. The van der Waals surface area contributed by atoms with Crippen LogP contribution in [-0.4, -0.2) is 37.1 Å². The number of hydrogen-bond donors (Lipinski definition) is 3. The summed E-state index contributed by atoms with van der Waals surface area (Å²) < 4.78 is 42.7. The number of aryl methyl sites for hydroxylation is 1. The average Bonchev–Trinajstić information content (AvgIpc) is 3.17. The number of nitrogens with one attached hydrogen (secondary N) is 1. The molecule has 4 rings (SSSR count). The van der Waals surface area contributed by atoms with E-state index < -0.39 is 24.1 Å². The van der Waals surface area contributed by atoms with Gasteiger partial charge in [-0.15, -0.1) is 13.2 Å². The lowest BCUT2D eigenvalue weighted by molar-refractivity contribution is -0.274. The van der Waals surface area contributed by atoms with Gasteiger partial charge in [-0.1, -0.05) is 12.1 Å². The Balaban J connectivity index is 1.53. The van der Waals surface area contributed by atoms with Crippen molar-refractivity contribution in [3.05, 3.63) is 66.1 Å². The Morgan fingerprint density at radius 3 is 2.73 bits per heavy atom. The molecule has 1 amide bonds. The van der Waals surface area contributed by atoms with Gasteiger partial charge in [0.1, 0.15) is 23.1 Å². The molecule has 0 aliphatic carbocycles. The lowest BCUT2D eigenvalue weighted by Gasteiger charge is -2.15. The van der Waals surface area contributed by atoms with Crippen LogP contribution in [0.2, 0.25) is 0 Å². The first kappa shape index (κ1) is 22.0. The van der Waals surface area contributed by atoms with Crippen LogP contribution in [0.5, 0.6) is 5.75 Å². The van der Waals surface area contributed by atoms with Crippen molar-refractivity contribution in [2.75, 3.05) is 11.1 Å². The molecule has 12 heteroatoms. The maximum atomic E-state index is 12.5. The highest BCUT2D eigenvalue weighted by atomic mass is 19.4. The van der Waals surface area contributed by atoms with Gasteiger partial charge in [0.2, 0.25) is 0 Å². The molecule has 2 aromatic carbocycles. The van der Waals surface area contributed by atoms with Crippen molar-refractivity contribution in [2.45, 2.75) is 19.4 Å². The van der Waals surface area contributed by atoms with Crippen molar-refractivity contribution in [1.82, 2.24) is 19.7 Å². The SMILES string of the molecule is Cc1cc(NC(=O)[C@H](O)c2cccc(OC(F)(F)F)c2)ccc1-n1ncc2ncnc(N)c21. The molecular weight excluding hydrogens is 441 g/mol. The molecule has 0 radical (unpaired) electrons. The fraction of sp³-hybridized carbons (Fsp3) is 0.143. The van der Waals surface area contributed by atoms with Gasteiger partial charge in [0, 0.05) is 5.69 Å². The number of hydrogen-bond acceptors (Lipinski definition) is 7. The fourth-order valence-electron chi connectivity index (χ4n) is 3.29. The summed E-state index contributed by atoms with van der Waals surface area (Å²) in [5, 5.41) is 17.1. The van der Waals surface area contributed by atoms with E-state index in [-0.39, 0.29) is 11.4 Å². The van der Waals surface area contributed by atoms with Crippen LogP contribution in [0, 0.1) is 6.92 Å². The van der Waals surface area contributed by atoms with Crippen LogP contribution in [0.15, 0.2) is 55.0 Å². The number of carbonyl (C=O) groups excluding carboxylic acids is 1. The Hall–Kier alpha value is -4.19. The lowest BCUT2D eigenvalue weighted by atomic mass is 10.1. The summed E-state index contributed by atoms with van der Waals surface area (Å²) in [5.41, 5.74) is 8.75. The number of nitrogens with two attached hydrogens (primary N) is 1. The Morgan fingerprint density at radius 2 is 2.00 bits per heavy atom. The minimum Gasteiger partial charge on any atom is -0.406 e. The predicted molar refractivity (Wildman–Crippen MR) is 113 cm³/mol. The van der Waals surface area contributed by atoms with Gasteiger partial charge in [0.05, 0.1) is 11.9 Å². The van der Waals surface area contributed by atoms with Crippen LogP contribution in [-0.2, 0) is 4.79 Å². The van der Waals surface area contributed by atoms with Gasteiger partial charge in [-0.3, -0.25) is 4.79 Å². The molecular formula is C21H17F3N6O3. The maximum absolute atomic E-state index is 12.5. The molecule has 33 heavy (non-hydrogen) atoms. The molecule has 0 aliphatic heterocycles. The molecule has 1 atom stereocenters. The minimum absolute atomic E-state index is 0.0546. The topological polar surface area (TPSA) is 128 Å². The van der Waals surface area contributed by atoms with E-state index in [9.17, 15) is 23.1 Å². The van der Waals surface area contributed by atoms with Crippen LogP contribution in [0.25, 0.3) is 16.7 Å². The summed E-state index contributed by atoms with van der Waals surface area (Å²) in [5.74, 6) is -1.11. The second-order valence-electron chi connectivity index (χ2n) is 7.06. The summed E-state index contributed by atoms with van der Waals surface area (Å²) in [6.07, 6.45) is -3.71. The van der Waals surface area contributed by atoms with E-state index in [0.29, 0.717) is 22.4 Å². The molecule has 0 spiro atoms. The Morgan fingerprint density at radius 1 is 1.21 bits per heavy atom. The molecule has 2 heterocycles. The number of nitrogen functional groups attached to an aromatic ring is 1. The largest absolute Gasteiger partial charge is 0.573 e. The van der Waals surface area contributed by atoms with E-state index >= 15 is 0 Å². The zero-order valence-electron chi connectivity index (χ0n) is 17.0. The van der Waals surface area contributed by atoms with Gasteiger partial charge in [0.15, 0.2) is 11.9 Å². The van der Waals surface area contributed by atoms with Crippen molar-refractivity contribution in [3.63, 3.8) is 0 Å². The third-order valence-electron chi connectivity index (χ3n) is 4.73. The van der Waals surface area contributed by atoms with Gasteiger partial charge in [-0.2, -0.15) is 5.10 Å². The standard InChI is InChI=1S/C21H17F3N6O3/c1-11-7-13(5-6-16(11)30-17-15(9-28-30)26-10-27-19(17)25)29-20(32)18(31)12-3-2-4-14(8-12)33-21(22,23)24/h2-10,18,31H,1H3,(H,29,32)(H2,25,26,27)/t18-/m1/s1. The molecule has 4 N–H and O–H groups in total. The summed E-state index contributed by atoms with van der Waals surface area (Å²) >= 11 is 0. The number of halogens is 3. The van der Waals surface area contributed by atoms with E-state index in [0.717, 1.165) is 17.7 Å². The van der Waals surface area contributed by atoms with Crippen LogP contribution in [0.4, 0.5) is 24.7 Å². The third-order valence-corrected chi connectivity index (χ3v) is 4.73. The number of aliphatic hydroxyl groups is 1. The van der Waals surface area contributed by atoms with Crippen LogP contribution in [0.1, 0.15) is 17.2 Å². The second-order valence-corrected chi connectivity index (χ2v) is 7.06. The van der Waals surface area contributed by atoms with E-state index in [1.54, 1.807) is 36.0 Å². The average molecular weight is 458 g/mol. The summed E-state index contributed by atoms with van der Waals surface area (Å²) in [4.78, 5) is 20.6. The quantitative estimate of drug-likeness (QED) is 0.419. The number of carbonyl (C=O) groups is 1. The Bertz CT molecular complexity index is 1340.